The predicted octanol–water partition coefficient (Wildman–Crippen LogP) is 3.30. The van der Waals surface area contributed by atoms with Gasteiger partial charge < -0.3 is 14.7 Å². The Morgan fingerprint density at radius 2 is 1.97 bits per heavy atom. The molecule has 1 saturated carbocycles. The van der Waals surface area contributed by atoms with E-state index in [-0.39, 0.29) is 0 Å². The zero-order valence-electron chi connectivity index (χ0n) is 18.6. The van der Waals surface area contributed by atoms with E-state index >= 15 is 0 Å². The molecule has 0 atom stereocenters. The van der Waals surface area contributed by atoms with E-state index in [9.17, 15) is 9.90 Å². The molecule has 0 amide bonds. The Morgan fingerprint density at radius 1 is 1.27 bits per heavy atom. The quantitative estimate of drug-likeness (QED) is 0.750. The third-order valence-electron chi connectivity index (χ3n) is 7.18. The van der Waals surface area contributed by atoms with Crippen molar-refractivity contribution < 1.29 is 14.6 Å². The number of likely N-dealkylation sites (tertiary alicyclic amines) is 1. The highest BCUT2D eigenvalue weighted by Crippen LogP contribution is 2.38. The highest BCUT2D eigenvalue weighted by atomic mass is 16.5. The highest BCUT2D eigenvalue weighted by Gasteiger charge is 2.36. The van der Waals surface area contributed by atoms with Crippen LogP contribution in [-0.2, 0) is 18.2 Å². The smallest absolute Gasteiger partial charge is 0.336 e. The number of hydrogen-bond donors (Lipinski definition) is 1. The Morgan fingerprint density at radius 3 is 2.53 bits per heavy atom. The molecule has 1 N–H and O–H groups in total. The van der Waals surface area contributed by atoms with Gasteiger partial charge in [0, 0.05) is 51.3 Å². The first-order valence-corrected chi connectivity index (χ1v) is 11.2. The molecule has 164 valence electrons. The summed E-state index contributed by atoms with van der Waals surface area (Å²) in [7, 11) is 3.68. The Labute approximate surface area is 178 Å². The van der Waals surface area contributed by atoms with E-state index in [4.69, 9.17) is 4.74 Å². The topological polar surface area (TPSA) is 70.8 Å². The van der Waals surface area contributed by atoms with Gasteiger partial charge in [0.05, 0.1) is 29.1 Å². The van der Waals surface area contributed by atoms with E-state index in [1.807, 2.05) is 20.2 Å². The molecule has 1 aromatic carbocycles. The van der Waals surface area contributed by atoms with Crippen LogP contribution in [0.5, 0.6) is 0 Å². The van der Waals surface area contributed by atoms with Crippen LogP contribution in [0.3, 0.4) is 0 Å². The van der Waals surface area contributed by atoms with Crippen molar-refractivity contribution >= 4 is 22.6 Å². The van der Waals surface area contributed by atoms with Crippen molar-refractivity contribution in [1.82, 2.24) is 14.7 Å². The fourth-order valence-electron chi connectivity index (χ4n) is 5.44. The van der Waals surface area contributed by atoms with E-state index in [0.717, 1.165) is 54.6 Å². The predicted molar refractivity (Wildman–Crippen MR) is 118 cm³/mol. The third kappa shape index (κ3) is 3.58. The molecule has 4 rings (SSSR count). The van der Waals surface area contributed by atoms with Crippen LogP contribution in [0.25, 0.3) is 10.9 Å². The summed E-state index contributed by atoms with van der Waals surface area (Å²) >= 11 is 0. The summed E-state index contributed by atoms with van der Waals surface area (Å²) in [5, 5.41) is 15.4. The molecule has 0 bridgehead atoms. The molecule has 0 unspecified atom stereocenters. The van der Waals surface area contributed by atoms with E-state index in [0.29, 0.717) is 30.2 Å². The van der Waals surface area contributed by atoms with Crippen molar-refractivity contribution in [2.45, 2.75) is 64.1 Å². The number of hydrogen-bond acceptors (Lipinski definition) is 5. The second kappa shape index (κ2) is 8.55. The van der Waals surface area contributed by atoms with E-state index in [2.05, 4.69) is 21.8 Å². The number of benzene rings is 1. The maximum atomic E-state index is 12.0. The van der Waals surface area contributed by atoms with Crippen molar-refractivity contribution in [2.75, 3.05) is 31.6 Å². The largest absolute Gasteiger partial charge is 0.478 e. The first-order chi connectivity index (χ1) is 14.5. The number of carboxylic acid groups (broad SMARTS) is 1. The minimum absolute atomic E-state index is 0.402. The first-order valence-electron chi connectivity index (χ1n) is 11.2. The number of nitrogens with zero attached hydrogens (tertiary/aromatic N) is 4. The van der Waals surface area contributed by atoms with Gasteiger partial charge >= 0.3 is 5.97 Å². The maximum absolute atomic E-state index is 12.0. The number of aromatic nitrogens is 2. The molecule has 2 heterocycles. The van der Waals surface area contributed by atoms with Crippen molar-refractivity contribution in [3.8, 4) is 0 Å². The summed E-state index contributed by atoms with van der Waals surface area (Å²) < 4.78 is 7.22. The van der Waals surface area contributed by atoms with Crippen molar-refractivity contribution in [3.63, 3.8) is 0 Å². The number of anilines is 1. The summed E-state index contributed by atoms with van der Waals surface area (Å²) in [5.41, 5.74) is 3.30. The number of rotatable bonds is 7. The summed E-state index contributed by atoms with van der Waals surface area (Å²) in [4.78, 5) is 17.1. The molecular formula is C23H34N4O3. The molecule has 2 aromatic rings. The normalized spacial score (nSPS) is 22.9. The number of aryl methyl sites for hydroxylation is 1. The van der Waals surface area contributed by atoms with Gasteiger partial charge in [-0.25, -0.2) is 4.79 Å². The van der Waals surface area contributed by atoms with Crippen molar-refractivity contribution in [1.29, 1.82) is 0 Å². The molecule has 1 aliphatic heterocycles. The number of fused-ring (bicyclic) bond motifs is 1. The summed E-state index contributed by atoms with van der Waals surface area (Å²) in [5.74, 6) is -0.860. The molecule has 7 nitrogen and oxygen atoms in total. The van der Waals surface area contributed by atoms with Gasteiger partial charge in [-0.1, -0.05) is 6.92 Å². The second-order valence-electron chi connectivity index (χ2n) is 8.67. The molecule has 2 aliphatic rings. The molecule has 0 radical (unpaired) electrons. The van der Waals surface area contributed by atoms with Crippen LogP contribution < -0.4 is 4.90 Å². The molecule has 1 aliphatic carbocycles. The van der Waals surface area contributed by atoms with E-state index in [1.165, 1.54) is 12.8 Å². The van der Waals surface area contributed by atoms with Crippen LogP contribution in [0.2, 0.25) is 0 Å². The van der Waals surface area contributed by atoms with Crippen LogP contribution in [0.4, 0.5) is 5.69 Å². The summed E-state index contributed by atoms with van der Waals surface area (Å²) in [6.45, 7) is 7.21. The maximum Gasteiger partial charge on any atom is 0.336 e. The van der Waals surface area contributed by atoms with Gasteiger partial charge in [-0.3, -0.25) is 9.58 Å². The lowest BCUT2D eigenvalue weighted by atomic mass is 9.86. The van der Waals surface area contributed by atoms with Crippen LogP contribution in [0.15, 0.2) is 12.3 Å². The molecule has 7 heteroatoms. The Hall–Kier alpha value is -2.12. The van der Waals surface area contributed by atoms with Crippen LogP contribution in [0, 0.1) is 0 Å². The Kier molecular flexibility index (Phi) is 6.02. The zero-order valence-corrected chi connectivity index (χ0v) is 18.6. The number of methoxy groups -OCH3 is 1. The SMILES string of the molecule is CCc1c(C(=O)O)cc2c(cnn2C)c1N(CC)C1CCC(N2CC(OC)C2)CC1. The van der Waals surface area contributed by atoms with Gasteiger partial charge in [0.2, 0.25) is 0 Å². The molecular weight excluding hydrogens is 380 g/mol. The second-order valence-corrected chi connectivity index (χ2v) is 8.67. The Bertz CT molecular complexity index is 911. The average molecular weight is 415 g/mol. The van der Waals surface area contributed by atoms with Crippen molar-refractivity contribution in [2.24, 2.45) is 7.05 Å². The zero-order chi connectivity index (χ0) is 21.4. The van der Waals surface area contributed by atoms with Gasteiger partial charge in [0.25, 0.3) is 0 Å². The van der Waals surface area contributed by atoms with Gasteiger partial charge in [-0.05, 0) is 50.7 Å². The van der Waals surface area contributed by atoms with Gasteiger partial charge in [-0.2, -0.15) is 5.10 Å². The lowest BCUT2D eigenvalue weighted by Crippen LogP contribution is -2.57. The Balaban J connectivity index is 1.63. The lowest BCUT2D eigenvalue weighted by molar-refractivity contribution is -0.0578. The molecule has 2 fully saturated rings. The minimum atomic E-state index is -0.860. The third-order valence-corrected chi connectivity index (χ3v) is 7.18. The molecule has 1 saturated heterocycles. The number of aromatic carboxylic acids is 1. The summed E-state index contributed by atoms with van der Waals surface area (Å²) in [6, 6.07) is 2.87. The van der Waals surface area contributed by atoms with Gasteiger partial charge in [0.15, 0.2) is 0 Å². The average Bonchev–Trinajstić information content (AvgIpc) is 3.09. The van der Waals surface area contributed by atoms with Gasteiger partial charge in [0.1, 0.15) is 0 Å². The van der Waals surface area contributed by atoms with Gasteiger partial charge in [-0.15, -0.1) is 0 Å². The highest BCUT2D eigenvalue weighted by molar-refractivity contribution is 6.02. The summed E-state index contributed by atoms with van der Waals surface area (Å²) in [6.07, 6.45) is 7.64. The fraction of sp³-hybridized carbons (Fsp3) is 0.652. The van der Waals surface area contributed by atoms with Crippen LogP contribution >= 0.6 is 0 Å². The molecule has 1 aromatic heterocycles. The monoisotopic (exact) mass is 414 g/mol. The van der Waals surface area contributed by atoms with E-state index in [1.54, 1.807) is 17.9 Å². The molecule has 0 spiro atoms. The fourth-order valence-corrected chi connectivity index (χ4v) is 5.44. The van der Waals surface area contributed by atoms with Crippen molar-refractivity contribution in [3.05, 3.63) is 23.4 Å². The number of carboxylic acids is 1. The number of carbonyl (C=O) groups is 1. The number of ether oxygens (including phenoxy) is 1. The first kappa shape index (κ1) is 21.1. The standard InChI is InChI=1S/C23H34N4O3/c1-5-18-19(23(28)29)11-21-20(12-24-25(21)3)22(18)27(6-2)16-9-7-15(8-10-16)26-13-17(14-26)30-4/h11-12,15-17H,5-10,13-14H2,1-4H3,(H,28,29). The van der Waals surface area contributed by atoms with E-state index < -0.39 is 5.97 Å². The van der Waals surface area contributed by atoms with Crippen LogP contribution in [0.1, 0.15) is 55.5 Å². The lowest BCUT2D eigenvalue weighted by Gasteiger charge is -2.47. The van der Waals surface area contributed by atoms with Crippen LogP contribution in [-0.4, -0.2) is 70.7 Å². The minimum Gasteiger partial charge on any atom is -0.478 e. The molecule has 30 heavy (non-hydrogen) atoms.